The molecule has 0 bridgehead atoms. The van der Waals surface area contributed by atoms with E-state index in [4.69, 9.17) is 0 Å². The van der Waals surface area contributed by atoms with Crippen molar-refractivity contribution in [3.05, 3.63) is 35.4 Å². The molecular weight excluding hydrogens is 314 g/mol. The number of alkyl halides is 1. The maximum absolute atomic E-state index is 12.7. The first kappa shape index (κ1) is 14.1. The first-order valence-corrected chi connectivity index (χ1v) is 8.53. The summed E-state index contributed by atoms with van der Waals surface area (Å²) in [4.78, 5) is 15.4. The van der Waals surface area contributed by atoms with E-state index in [1.807, 2.05) is 11.9 Å². The zero-order chi connectivity index (χ0) is 14.1. The number of fused-ring (bicyclic) bond motifs is 1. The number of hydrogen-bond acceptors (Lipinski definition) is 1. The van der Waals surface area contributed by atoms with Crippen LogP contribution in [0.15, 0.2) is 24.3 Å². The summed E-state index contributed by atoms with van der Waals surface area (Å²) in [6, 6.07) is 8.46. The maximum Gasteiger partial charge on any atom is 0.229 e. The number of likely N-dealkylation sites (N-methyl/N-ethyl adjacent to an activating group) is 1. The molecule has 2 nitrogen and oxygen atoms in total. The smallest absolute Gasteiger partial charge is 0.229 e. The van der Waals surface area contributed by atoms with E-state index in [-0.39, 0.29) is 5.92 Å². The molecule has 0 N–H and O–H groups in total. The summed E-state index contributed by atoms with van der Waals surface area (Å²) >= 11 is 3.62. The van der Waals surface area contributed by atoms with Crippen LogP contribution in [0.4, 0.5) is 0 Å². The van der Waals surface area contributed by atoms with Gasteiger partial charge in [-0.15, -0.1) is 0 Å². The molecule has 1 saturated carbocycles. The van der Waals surface area contributed by atoms with Crippen molar-refractivity contribution in [1.82, 2.24) is 4.90 Å². The first-order chi connectivity index (χ1) is 9.65. The van der Waals surface area contributed by atoms with Crippen LogP contribution in [0.1, 0.15) is 42.7 Å². The third-order valence-corrected chi connectivity index (χ3v) is 5.50. The molecule has 0 radical (unpaired) electrons. The van der Waals surface area contributed by atoms with Crippen molar-refractivity contribution < 1.29 is 4.79 Å². The Bertz CT molecular complexity index is 496. The lowest BCUT2D eigenvalue weighted by Crippen LogP contribution is -2.40. The highest BCUT2D eigenvalue weighted by Gasteiger charge is 2.32. The van der Waals surface area contributed by atoms with Crippen LogP contribution in [0.25, 0.3) is 0 Å². The molecular formula is C17H22BrNO. The molecule has 1 aromatic rings. The quantitative estimate of drug-likeness (QED) is 0.770. The molecule has 1 atom stereocenters. The van der Waals surface area contributed by atoms with Gasteiger partial charge in [0.1, 0.15) is 0 Å². The van der Waals surface area contributed by atoms with Gasteiger partial charge in [-0.25, -0.2) is 0 Å². The number of aryl methyl sites for hydroxylation is 1. The van der Waals surface area contributed by atoms with E-state index in [2.05, 4.69) is 40.2 Å². The normalized spacial score (nSPS) is 28.4. The number of benzene rings is 1. The van der Waals surface area contributed by atoms with Crippen LogP contribution < -0.4 is 0 Å². The second-order valence-corrected chi connectivity index (χ2v) is 7.59. The molecule has 1 aromatic carbocycles. The molecule has 108 valence electrons. The van der Waals surface area contributed by atoms with Gasteiger partial charge >= 0.3 is 0 Å². The summed E-state index contributed by atoms with van der Waals surface area (Å²) in [5, 5.41) is 0. The molecule has 3 rings (SSSR count). The number of rotatable bonds is 3. The van der Waals surface area contributed by atoms with E-state index in [9.17, 15) is 4.79 Å². The van der Waals surface area contributed by atoms with E-state index in [1.165, 1.54) is 24.0 Å². The monoisotopic (exact) mass is 335 g/mol. The standard InChI is InChI=1S/C17H22BrNO/c1-19(11-12-9-14(18)10-12)17(20)16-8-4-6-13-5-2-3-7-15(13)16/h2-3,5,7,12,14,16H,4,6,8-11H2,1H3. The Kier molecular flexibility index (Phi) is 4.16. The van der Waals surface area contributed by atoms with Crippen LogP contribution in [0.3, 0.4) is 0 Å². The average molecular weight is 336 g/mol. The predicted molar refractivity (Wildman–Crippen MR) is 85.2 cm³/mol. The number of nitrogens with zero attached hydrogens (tertiary/aromatic N) is 1. The average Bonchev–Trinajstić information content (AvgIpc) is 2.44. The number of carbonyl (C=O) groups is 1. The fraction of sp³-hybridized carbons (Fsp3) is 0.588. The van der Waals surface area contributed by atoms with Gasteiger partial charge in [0.05, 0.1) is 5.92 Å². The molecule has 0 heterocycles. The van der Waals surface area contributed by atoms with Crippen LogP contribution >= 0.6 is 15.9 Å². The Morgan fingerprint density at radius 2 is 2.10 bits per heavy atom. The van der Waals surface area contributed by atoms with E-state index in [0.717, 1.165) is 25.8 Å². The Morgan fingerprint density at radius 3 is 2.85 bits per heavy atom. The van der Waals surface area contributed by atoms with Crippen molar-refractivity contribution >= 4 is 21.8 Å². The molecule has 1 amide bonds. The molecule has 0 aromatic heterocycles. The summed E-state index contributed by atoms with van der Waals surface area (Å²) in [5.41, 5.74) is 2.64. The fourth-order valence-corrected chi connectivity index (χ4v) is 4.61. The van der Waals surface area contributed by atoms with Crippen molar-refractivity contribution in [2.45, 2.75) is 42.8 Å². The Balaban J connectivity index is 1.68. The van der Waals surface area contributed by atoms with Gasteiger partial charge in [-0.2, -0.15) is 0 Å². The summed E-state index contributed by atoms with van der Waals surface area (Å²) in [5.74, 6) is 1.09. The van der Waals surface area contributed by atoms with E-state index < -0.39 is 0 Å². The van der Waals surface area contributed by atoms with Crippen LogP contribution in [0, 0.1) is 5.92 Å². The van der Waals surface area contributed by atoms with Gasteiger partial charge in [0, 0.05) is 18.4 Å². The molecule has 1 fully saturated rings. The lowest BCUT2D eigenvalue weighted by Gasteiger charge is -2.36. The molecule has 0 spiro atoms. The third-order valence-electron chi connectivity index (χ3n) is 4.75. The summed E-state index contributed by atoms with van der Waals surface area (Å²) in [7, 11) is 1.97. The van der Waals surface area contributed by atoms with Gasteiger partial charge in [-0.1, -0.05) is 40.2 Å². The lowest BCUT2D eigenvalue weighted by atomic mass is 9.81. The second-order valence-electron chi connectivity index (χ2n) is 6.30. The summed E-state index contributed by atoms with van der Waals surface area (Å²) in [6.45, 7) is 0.916. The molecule has 1 unspecified atom stereocenters. The maximum atomic E-state index is 12.7. The van der Waals surface area contributed by atoms with Crippen LogP contribution in [-0.4, -0.2) is 29.2 Å². The SMILES string of the molecule is CN(CC1CC(Br)C1)C(=O)C1CCCc2ccccc21. The van der Waals surface area contributed by atoms with Crippen molar-refractivity contribution in [2.24, 2.45) is 5.92 Å². The predicted octanol–water partition coefficient (Wildman–Crippen LogP) is 3.74. The van der Waals surface area contributed by atoms with Crippen LogP contribution in [0.2, 0.25) is 0 Å². The minimum atomic E-state index is 0.0878. The third kappa shape index (κ3) is 2.78. The number of amides is 1. The van der Waals surface area contributed by atoms with Gasteiger partial charge in [0.15, 0.2) is 0 Å². The highest BCUT2D eigenvalue weighted by Crippen LogP contribution is 2.36. The topological polar surface area (TPSA) is 20.3 Å². The molecule has 20 heavy (non-hydrogen) atoms. The van der Waals surface area contributed by atoms with E-state index in [0.29, 0.717) is 16.7 Å². The van der Waals surface area contributed by atoms with Gasteiger partial charge in [0.2, 0.25) is 5.91 Å². The van der Waals surface area contributed by atoms with Crippen molar-refractivity contribution in [3.8, 4) is 0 Å². The summed E-state index contributed by atoms with van der Waals surface area (Å²) in [6.07, 6.45) is 5.68. The Labute approximate surface area is 129 Å². The van der Waals surface area contributed by atoms with Crippen molar-refractivity contribution in [2.75, 3.05) is 13.6 Å². The second kappa shape index (κ2) is 5.88. The Morgan fingerprint density at radius 1 is 1.35 bits per heavy atom. The molecule has 2 aliphatic carbocycles. The molecule has 0 saturated heterocycles. The van der Waals surface area contributed by atoms with Gasteiger partial charge in [-0.3, -0.25) is 4.79 Å². The highest BCUT2D eigenvalue weighted by atomic mass is 79.9. The van der Waals surface area contributed by atoms with Crippen molar-refractivity contribution in [1.29, 1.82) is 0 Å². The minimum absolute atomic E-state index is 0.0878. The number of halogens is 1. The Hall–Kier alpha value is -0.830. The van der Waals surface area contributed by atoms with Gasteiger partial charge in [-0.05, 0) is 49.1 Å². The largest absolute Gasteiger partial charge is 0.345 e. The number of hydrogen-bond donors (Lipinski definition) is 0. The number of carbonyl (C=O) groups excluding carboxylic acids is 1. The van der Waals surface area contributed by atoms with Gasteiger partial charge in [0.25, 0.3) is 0 Å². The van der Waals surface area contributed by atoms with Gasteiger partial charge < -0.3 is 4.90 Å². The van der Waals surface area contributed by atoms with Crippen LogP contribution in [0.5, 0.6) is 0 Å². The van der Waals surface area contributed by atoms with E-state index in [1.54, 1.807) is 0 Å². The molecule has 0 aliphatic heterocycles. The molecule has 3 heteroatoms. The van der Waals surface area contributed by atoms with Crippen LogP contribution in [-0.2, 0) is 11.2 Å². The highest BCUT2D eigenvalue weighted by molar-refractivity contribution is 9.09. The summed E-state index contributed by atoms with van der Waals surface area (Å²) < 4.78 is 0. The zero-order valence-electron chi connectivity index (χ0n) is 12.0. The zero-order valence-corrected chi connectivity index (χ0v) is 13.6. The minimum Gasteiger partial charge on any atom is -0.345 e. The van der Waals surface area contributed by atoms with E-state index >= 15 is 0 Å². The lowest BCUT2D eigenvalue weighted by molar-refractivity contribution is -0.132. The van der Waals surface area contributed by atoms with Crippen molar-refractivity contribution in [3.63, 3.8) is 0 Å². The first-order valence-electron chi connectivity index (χ1n) is 7.62. The molecule has 2 aliphatic rings. The fourth-order valence-electron chi connectivity index (χ4n) is 3.56.